The number of alkyl carbamates (subject to hydrolysis) is 1. The molecule has 0 spiro atoms. The Kier molecular flexibility index (Phi) is 15.2. The van der Waals surface area contributed by atoms with E-state index >= 15 is 4.79 Å². The number of aromatic amines is 1. The van der Waals surface area contributed by atoms with Crippen LogP contribution in [0.3, 0.4) is 0 Å². The van der Waals surface area contributed by atoms with Crippen molar-refractivity contribution in [3.05, 3.63) is 71.1 Å². The SMILES string of the molecule is COC(=O)NC1C(=O)C[C@H](O)/C(=C/CS(C)(=S)=S)C2=C1C#C/C=C\C#C[C@@H]2OC1OC(C)C(SC)(C(=O)c2nccc3c2[nH]c2ccc(O)cc23)C(O)C1OC1CCC(NC(C)C)CO1. The summed E-state index contributed by atoms with van der Waals surface area (Å²) >= 11 is 12.3. The van der Waals surface area contributed by atoms with Crippen molar-refractivity contribution in [3.8, 4) is 29.4 Å². The van der Waals surface area contributed by atoms with E-state index in [-0.39, 0.29) is 46.0 Å². The first-order chi connectivity index (χ1) is 30.9. The number of amides is 1. The molecule has 2 aromatic heterocycles. The summed E-state index contributed by atoms with van der Waals surface area (Å²) < 4.78 is 29.6. The summed E-state index contributed by atoms with van der Waals surface area (Å²) in [5.41, 5.74) is 1.54. The van der Waals surface area contributed by atoms with Gasteiger partial charge in [-0.25, -0.2) is 4.79 Å². The zero-order chi connectivity index (χ0) is 46.8. The summed E-state index contributed by atoms with van der Waals surface area (Å²) in [6, 6.07) is 5.44. The van der Waals surface area contributed by atoms with Crippen LogP contribution < -0.4 is 10.6 Å². The largest absolute Gasteiger partial charge is 0.508 e. The molecule has 2 saturated heterocycles. The van der Waals surface area contributed by atoms with Crippen molar-refractivity contribution in [3.63, 3.8) is 0 Å². The smallest absolute Gasteiger partial charge is 0.407 e. The second kappa shape index (κ2) is 20.3. The second-order valence-electron chi connectivity index (χ2n) is 16.6. The molecule has 346 valence electrons. The molecule has 1 aromatic carbocycles. The molecule has 1 amide bonds. The summed E-state index contributed by atoms with van der Waals surface area (Å²) in [7, 11) is -0.872. The van der Waals surface area contributed by atoms with Crippen LogP contribution in [0.4, 0.5) is 4.79 Å². The Balaban J connectivity index is 1.35. The van der Waals surface area contributed by atoms with Crippen molar-refractivity contribution in [1.29, 1.82) is 0 Å². The minimum absolute atomic E-state index is 0.0348. The Bertz CT molecular complexity index is 2690. The fourth-order valence-electron chi connectivity index (χ4n) is 8.69. The number of aromatic nitrogens is 2. The van der Waals surface area contributed by atoms with Crippen LogP contribution in [0.25, 0.3) is 21.8 Å². The van der Waals surface area contributed by atoms with Crippen LogP contribution in [-0.4, -0.2) is 141 Å². The molecule has 7 rings (SSSR count). The number of phenolic OH excluding ortho intramolecular Hbond substituents is 1. The van der Waals surface area contributed by atoms with Gasteiger partial charge in [0.05, 0.1) is 31.4 Å². The highest BCUT2D eigenvalue weighted by atomic mass is 33.1. The van der Waals surface area contributed by atoms with E-state index in [1.807, 2.05) is 13.8 Å². The van der Waals surface area contributed by atoms with Crippen molar-refractivity contribution in [1.82, 2.24) is 20.6 Å². The molecular formula is C46H52N4O11S4. The molecule has 2 aliphatic carbocycles. The van der Waals surface area contributed by atoms with Gasteiger partial charge in [0.15, 0.2) is 18.4 Å². The Labute approximate surface area is 391 Å². The van der Waals surface area contributed by atoms with Crippen LogP contribution in [0.5, 0.6) is 5.75 Å². The van der Waals surface area contributed by atoms with Gasteiger partial charge in [-0.05, 0) is 96.6 Å². The number of Topliss-reactive ketones (excluding diaryl/α,β-unsaturated/α-hetero) is 2. The standard InChI is InChI=1S/C46H52N4O11S4/c1-24(2)48-26-13-16-36(58-23-26)61-41-43(55)46(64-5,42(54)40-39-28(17-19-47-40)31-21-27(51)14-15-32(31)49-39)25(3)59-44(41)60-35-12-10-8-7-9-11-30-37(35)29(18-20-65(6,62)63)33(52)22-34(53)38(30)50-45(56)57-4/h7-8,14-15,17-19,21,24-26,33,35-36,38,41,43-44,48-49,51-52,55H,13,16,20,22-23H2,1-6H3,(H,50,56)/b8-7-,29-18-/t25?,26?,33-,35-,36?,38?,41?,43?,44?,46?/m0/s1. The van der Waals surface area contributed by atoms with E-state index in [4.69, 9.17) is 46.1 Å². The number of pyridine rings is 1. The van der Waals surface area contributed by atoms with Crippen molar-refractivity contribution in [2.24, 2.45) is 0 Å². The van der Waals surface area contributed by atoms with Crippen molar-refractivity contribution < 1.29 is 53.4 Å². The molecule has 6 N–H and O–H groups in total. The number of hydrogen-bond acceptors (Lipinski definition) is 16. The lowest BCUT2D eigenvalue weighted by Crippen LogP contribution is -2.68. The maximum absolute atomic E-state index is 15.3. The number of H-pyrrole nitrogens is 1. The number of aromatic hydroxyl groups is 1. The van der Waals surface area contributed by atoms with Crippen molar-refractivity contribution in [2.75, 3.05) is 32.0 Å². The van der Waals surface area contributed by atoms with Gasteiger partial charge in [-0.3, -0.25) is 14.6 Å². The number of nitrogens with zero attached hydrogens (tertiary/aromatic N) is 1. The average molecular weight is 965 g/mol. The van der Waals surface area contributed by atoms with E-state index in [1.54, 1.807) is 43.7 Å². The van der Waals surface area contributed by atoms with Crippen LogP contribution in [0, 0.1) is 23.7 Å². The number of aliphatic hydroxyl groups excluding tert-OH is 2. The molecule has 15 nitrogen and oxygen atoms in total. The molecule has 0 bridgehead atoms. The van der Waals surface area contributed by atoms with Crippen LogP contribution >= 0.6 is 11.8 Å². The number of aliphatic hydroxyl groups is 2. The Morgan fingerprint density at radius 1 is 1.15 bits per heavy atom. The van der Waals surface area contributed by atoms with Crippen LogP contribution in [0.1, 0.15) is 50.5 Å². The number of phenols is 1. The first kappa shape index (κ1) is 48.7. The van der Waals surface area contributed by atoms with Gasteiger partial charge in [0.25, 0.3) is 0 Å². The monoisotopic (exact) mass is 964 g/mol. The van der Waals surface area contributed by atoms with Gasteiger partial charge in [-0.1, -0.05) is 50.8 Å². The third-order valence-electron chi connectivity index (χ3n) is 11.7. The first-order valence-corrected chi connectivity index (χ1v) is 26.3. The molecule has 10 atom stereocenters. The Morgan fingerprint density at radius 3 is 2.62 bits per heavy atom. The molecular weight excluding hydrogens is 913 g/mol. The molecule has 65 heavy (non-hydrogen) atoms. The zero-order valence-corrected chi connectivity index (χ0v) is 39.9. The summed E-state index contributed by atoms with van der Waals surface area (Å²) in [4.78, 5) is 49.7. The molecule has 3 aromatic rings. The highest BCUT2D eigenvalue weighted by Gasteiger charge is 2.61. The number of fused-ring (bicyclic) bond motifs is 3. The fourth-order valence-corrected chi connectivity index (χ4v) is 10.6. The molecule has 0 saturated carbocycles. The van der Waals surface area contributed by atoms with E-state index in [9.17, 15) is 24.9 Å². The highest BCUT2D eigenvalue weighted by molar-refractivity contribution is 8.56. The molecule has 4 aliphatic rings. The number of carbonyl (C=O) groups is 3. The lowest BCUT2D eigenvalue weighted by Gasteiger charge is -2.50. The van der Waals surface area contributed by atoms with Gasteiger partial charge < -0.3 is 54.6 Å². The lowest BCUT2D eigenvalue weighted by molar-refractivity contribution is -0.318. The number of allylic oxidation sites excluding steroid dienone is 2. The van der Waals surface area contributed by atoms with Crippen LogP contribution in [0.15, 0.2) is 65.4 Å². The summed E-state index contributed by atoms with van der Waals surface area (Å²) in [6.07, 6.45) is 0.00598. The van der Waals surface area contributed by atoms with Gasteiger partial charge in [-0.2, -0.15) is 0 Å². The number of ketones is 2. The number of rotatable bonds is 12. The quantitative estimate of drug-likeness (QED) is 0.113. The lowest BCUT2D eigenvalue weighted by atomic mass is 9.83. The summed E-state index contributed by atoms with van der Waals surface area (Å²) in [6.45, 7) is 6.04. The predicted molar refractivity (Wildman–Crippen MR) is 255 cm³/mol. The predicted octanol–water partition coefficient (Wildman–Crippen LogP) is 3.65. The maximum Gasteiger partial charge on any atom is 0.407 e. The van der Waals surface area contributed by atoms with Gasteiger partial charge in [0, 0.05) is 57.9 Å². The molecule has 19 heteroatoms. The van der Waals surface area contributed by atoms with Gasteiger partial charge in [0.1, 0.15) is 40.5 Å². The molecule has 0 radical (unpaired) electrons. The highest BCUT2D eigenvalue weighted by Crippen LogP contribution is 2.46. The number of benzene rings is 1. The first-order valence-electron chi connectivity index (χ1n) is 21.0. The second-order valence-corrected chi connectivity index (χ2v) is 24.9. The van der Waals surface area contributed by atoms with Gasteiger partial charge in [-0.15, -0.1) is 11.8 Å². The van der Waals surface area contributed by atoms with Crippen LogP contribution in [-0.2, 0) is 58.0 Å². The number of methoxy groups -OCH3 is 1. The van der Waals surface area contributed by atoms with E-state index in [1.165, 1.54) is 24.4 Å². The fraction of sp³-hybridized carbons (Fsp3) is 0.478. The minimum Gasteiger partial charge on any atom is -0.508 e. The third kappa shape index (κ3) is 10.4. The van der Waals surface area contributed by atoms with E-state index in [0.717, 1.165) is 18.9 Å². The number of hydrogen-bond donors (Lipinski definition) is 6. The topological polar surface area (TPSA) is 211 Å². The number of carbonyl (C=O) groups excluding carboxylic acids is 3. The van der Waals surface area contributed by atoms with Crippen LogP contribution in [0.2, 0.25) is 0 Å². The Morgan fingerprint density at radius 2 is 1.92 bits per heavy atom. The van der Waals surface area contributed by atoms with Crippen molar-refractivity contribution >= 4 is 80.8 Å². The van der Waals surface area contributed by atoms with Crippen molar-refractivity contribution in [2.45, 2.75) is 106 Å². The zero-order valence-electron chi connectivity index (χ0n) is 36.6. The molecule has 4 heterocycles. The van der Waals surface area contributed by atoms with E-state index in [2.05, 4.69) is 44.3 Å². The van der Waals surface area contributed by atoms with Gasteiger partial charge in [0.2, 0.25) is 5.78 Å². The normalized spacial score (nSPS) is 30.6. The number of nitrogens with one attached hydrogen (secondary N) is 3. The average Bonchev–Trinajstić information content (AvgIpc) is 3.63. The molecule has 2 fully saturated rings. The third-order valence-corrected chi connectivity index (χ3v) is 14.7. The Hall–Kier alpha value is -4.22. The van der Waals surface area contributed by atoms with E-state index < -0.39 is 85.1 Å². The molecule has 8 unspecified atom stereocenters. The summed E-state index contributed by atoms with van der Waals surface area (Å²) in [5.74, 6) is 11.0. The van der Waals surface area contributed by atoms with E-state index in [0.29, 0.717) is 41.3 Å². The molecule has 2 aliphatic heterocycles. The minimum atomic E-state index is -2.03. The summed E-state index contributed by atoms with van der Waals surface area (Å²) in [5, 5.41) is 42.4. The number of thioether (sulfide) groups is 1. The maximum atomic E-state index is 15.3. The van der Waals surface area contributed by atoms with Gasteiger partial charge >= 0.3 is 6.09 Å². The number of ether oxygens (including phenoxy) is 5.